The smallest absolute Gasteiger partial charge is 0.261 e. The Balaban J connectivity index is 1.81. The van der Waals surface area contributed by atoms with Gasteiger partial charge in [-0.3, -0.25) is 9.36 Å². The van der Waals surface area contributed by atoms with E-state index in [-0.39, 0.29) is 5.56 Å². The summed E-state index contributed by atoms with van der Waals surface area (Å²) in [4.78, 5) is 17.6. The minimum Gasteiger partial charge on any atom is -0.497 e. The molecule has 0 atom stereocenters. The lowest BCUT2D eigenvalue weighted by Crippen LogP contribution is -2.24. The van der Waals surface area contributed by atoms with Gasteiger partial charge in [-0.05, 0) is 42.7 Å². The fourth-order valence-corrected chi connectivity index (χ4v) is 2.95. The van der Waals surface area contributed by atoms with Gasteiger partial charge in [-0.1, -0.05) is 24.3 Å². The molecule has 1 aromatic heterocycles. The van der Waals surface area contributed by atoms with Crippen LogP contribution < -0.4 is 10.3 Å². The third-order valence-electron chi connectivity index (χ3n) is 4.31. The largest absolute Gasteiger partial charge is 0.497 e. The van der Waals surface area contributed by atoms with E-state index in [1.54, 1.807) is 7.11 Å². The molecule has 3 aromatic rings. The van der Waals surface area contributed by atoms with E-state index < -0.39 is 0 Å². The van der Waals surface area contributed by atoms with Crippen molar-refractivity contribution in [2.24, 2.45) is 0 Å². The quantitative estimate of drug-likeness (QED) is 0.742. The molecule has 0 unspecified atom stereocenters. The number of para-hydroxylation sites is 1. The number of ether oxygens (including phenoxy) is 1. The molecule has 2 aromatic carbocycles. The summed E-state index contributed by atoms with van der Waals surface area (Å²) in [6.45, 7) is 0. The number of methoxy groups -OCH3 is 1. The van der Waals surface area contributed by atoms with E-state index in [1.165, 1.54) is 0 Å². The summed E-state index contributed by atoms with van der Waals surface area (Å²) in [5.74, 6) is 1.68. The highest BCUT2D eigenvalue weighted by molar-refractivity contribution is 5.77. The van der Waals surface area contributed by atoms with Crippen molar-refractivity contribution in [3.05, 3.63) is 70.3 Å². The fourth-order valence-electron chi connectivity index (χ4n) is 2.95. The highest BCUT2D eigenvalue weighted by Gasteiger charge is 2.28. The number of hydrogen-bond acceptors (Lipinski definition) is 3. The van der Waals surface area contributed by atoms with Crippen molar-refractivity contribution >= 4 is 10.9 Å². The van der Waals surface area contributed by atoms with Gasteiger partial charge in [0.15, 0.2) is 0 Å². The third-order valence-corrected chi connectivity index (χ3v) is 4.31. The first-order valence-electron chi connectivity index (χ1n) is 7.89. The van der Waals surface area contributed by atoms with Crippen LogP contribution in [0.2, 0.25) is 0 Å². The van der Waals surface area contributed by atoms with Crippen LogP contribution in [-0.2, 0) is 6.42 Å². The van der Waals surface area contributed by atoms with E-state index in [4.69, 9.17) is 9.72 Å². The Bertz CT molecular complexity index is 909. The van der Waals surface area contributed by atoms with Crippen molar-refractivity contribution in [1.29, 1.82) is 0 Å². The van der Waals surface area contributed by atoms with Crippen LogP contribution in [0.15, 0.2) is 53.3 Å². The van der Waals surface area contributed by atoms with Crippen LogP contribution in [0.3, 0.4) is 0 Å². The van der Waals surface area contributed by atoms with Gasteiger partial charge in [0.25, 0.3) is 5.56 Å². The van der Waals surface area contributed by atoms with Crippen molar-refractivity contribution in [2.75, 3.05) is 7.11 Å². The van der Waals surface area contributed by atoms with E-state index in [9.17, 15) is 4.79 Å². The predicted octanol–water partition coefficient (Wildman–Crippen LogP) is 3.33. The molecule has 4 heteroatoms. The van der Waals surface area contributed by atoms with Crippen LogP contribution in [0.4, 0.5) is 0 Å². The molecule has 1 aliphatic carbocycles. The van der Waals surface area contributed by atoms with Gasteiger partial charge in [-0.2, -0.15) is 0 Å². The summed E-state index contributed by atoms with van der Waals surface area (Å²) in [6.07, 6.45) is 2.78. The Morgan fingerprint density at radius 1 is 1.13 bits per heavy atom. The molecule has 0 amide bonds. The van der Waals surface area contributed by atoms with Crippen molar-refractivity contribution in [3.8, 4) is 5.75 Å². The summed E-state index contributed by atoms with van der Waals surface area (Å²) in [7, 11) is 1.66. The monoisotopic (exact) mass is 306 g/mol. The summed E-state index contributed by atoms with van der Waals surface area (Å²) in [5.41, 5.74) is 1.99. The first kappa shape index (κ1) is 14.0. The zero-order valence-corrected chi connectivity index (χ0v) is 13.0. The van der Waals surface area contributed by atoms with Crippen LogP contribution in [0.5, 0.6) is 5.75 Å². The molecule has 4 rings (SSSR count). The molecule has 0 bridgehead atoms. The van der Waals surface area contributed by atoms with Crippen LogP contribution in [-0.4, -0.2) is 16.7 Å². The number of nitrogens with zero attached hydrogens (tertiary/aromatic N) is 2. The van der Waals surface area contributed by atoms with Crippen LogP contribution in [0, 0.1) is 0 Å². The van der Waals surface area contributed by atoms with Gasteiger partial charge in [0.1, 0.15) is 11.6 Å². The van der Waals surface area contributed by atoms with Crippen molar-refractivity contribution in [1.82, 2.24) is 9.55 Å². The van der Waals surface area contributed by atoms with E-state index in [0.29, 0.717) is 17.8 Å². The maximum absolute atomic E-state index is 12.8. The SMILES string of the molecule is COc1ccc(Cc2nc3ccccc3c(=O)n2C2CC2)cc1. The van der Waals surface area contributed by atoms with Crippen molar-refractivity contribution < 1.29 is 4.74 Å². The highest BCUT2D eigenvalue weighted by Crippen LogP contribution is 2.35. The molecule has 0 N–H and O–H groups in total. The van der Waals surface area contributed by atoms with E-state index in [1.807, 2.05) is 53.1 Å². The van der Waals surface area contributed by atoms with Crippen molar-refractivity contribution in [2.45, 2.75) is 25.3 Å². The average Bonchev–Trinajstić information content (AvgIpc) is 3.41. The molecular weight excluding hydrogens is 288 g/mol. The maximum Gasteiger partial charge on any atom is 0.261 e. The molecule has 1 aliphatic rings. The van der Waals surface area contributed by atoms with Crippen LogP contribution >= 0.6 is 0 Å². The normalized spacial score (nSPS) is 14.1. The summed E-state index contributed by atoms with van der Waals surface area (Å²) >= 11 is 0. The van der Waals surface area contributed by atoms with Gasteiger partial charge >= 0.3 is 0 Å². The molecule has 116 valence electrons. The third kappa shape index (κ3) is 2.61. The lowest BCUT2D eigenvalue weighted by atomic mass is 10.1. The van der Waals surface area contributed by atoms with Gasteiger partial charge in [0.2, 0.25) is 0 Å². The van der Waals surface area contributed by atoms with Gasteiger partial charge in [0, 0.05) is 12.5 Å². The zero-order valence-electron chi connectivity index (χ0n) is 13.0. The number of aromatic nitrogens is 2. The first-order chi connectivity index (χ1) is 11.3. The fraction of sp³-hybridized carbons (Fsp3) is 0.263. The molecule has 1 saturated carbocycles. The zero-order chi connectivity index (χ0) is 15.8. The van der Waals surface area contributed by atoms with E-state index in [2.05, 4.69) is 0 Å². The molecule has 0 saturated heterocycles. The number of benzene rings is 2. The van der Waals surface area contributed by atoms with Gasteiger partial charge in [-0.25, -0.2) is 4.98 Å². The van der Waals surface area contributed by atoms with Crippen LogP contribution in [0.1, 0.15) is 30.3 Å². The maximum atomic E-state index is 12.8. The summed E-state index contributed by atoms with van der Waals surface area (Å²) in [6, 6.07) is 15.8. The Morgan fingerprint density at radius 2 is 1.87 bits per heavy atom. The van der Waals surface area contributed by atoms with Crippen molar-refractivity contribution in [3.63, 3.8) is 0 Å². The Labute approximate surface area is 134 Å². The average molecular weight is 306 g/mol. The minimum absolute atomic E-state index is 0.0848. The Kier molecular flexibility index (Phi) is 3.37. The molecule has 0 spiro atoms. The van der Waals surface area contributed by atoms with Gasteiger partial charge in [0.05, 0.1) is 18.0 Å². The molecule has 0 aliphatic heterocycles. The summed E-state index contributed by atoms with van der Waals surface area (Å²) < 4.78 is 7.09. The molecule has 4 nitrogen and oxygen atoms in total. The standard InChI is InChI=1S/C19H18N2O2/c1-23-15-10-6-13(7-11-15)12-18-20-17-5-3-2-4-16(17)19(22)21(18)14-8-9-14/h2-7,10-11,14H,8-9,12H2,1H3. The minimum atomic E-state index is 0.0848. The molecule has 23 heavy (non-hydrogen) atoms. The molecule has 0 radical (unpaired) electrons. The van der Waals surface area contributed by atoms with Gasteiger partial charge in [-0.15, -0.1) is 0 Å². The first-order valence-corrected chi connectivity index (χ1v) is 7.89. The van der Waals surface area contributed by atoms with E-state index in [0.717, 1.165) is 35.5 Å². The second kappa shape index (κ2) is 5.54. The molecular formula is C19H18N2O2. The predicted molar refractivity (Wildman–Crippen MR) is 90.1 cm³/mol. The number of fused-ring (bicyclic) bond motifs is 1. The van der Waals surface area contributed by atoms with Crippen LogP contribution in [0.25, 0.3) is 10.9 Å². The summed E-state index contributed by atoms with van der Waals surface area (Å²) in [5, 5.41) is 0.706. The Morgan fingerprint density at radius 3 is 2.57 bits per heavy atom. The Hall–Kier alpha value is -2.62. The lowest BCUT2D eigenvalue weighted by Gasteiger charge is -2.13. The second-order valence-corrected chi connectivity index (χ2v) is 5.98. The number of rotatable bonds is 4. The lowest BCUT2D eigenvalue weighted by molar-refractivity contribution is 0.414. The number of hydrogen-bond donors (Lipinski definition) is 0. The molecule has 1 fully saturated rings. The second-order valence-electron chi connectivity index (χ2n) is 5.98. The van der Waals surface area contributed by atoms with E-state index >= 15 is 0 Å². The highest BCUT2D eigenvalue weighted by atomic mass is 16.5. The topological polar surface area (TPSA) is 44.1 Å². The van der Waals surface area contributed by atoms with Gasteiger partial charge < -0.3 is 4.74 Å². The molecule has 1 heterocycles.